The second-order valence-corrected chi connectivity index (χ2v) is 4.91. The second-order valence-electron chi connectivity index (χ2n) is 4.53. The number of carbonyl (C=O) groups excluding carboxylic acids is 1. The van der Waals surface area contributed by atoms with Gasteiger partial charge in [-0.3, -0.25) is 9.59 Å². The van der Waals surface area contributed by atoms with Crippen LogP contribution in [0.5, 0.6) is 0 Å². The van der Waals surface area contributed by atoms with Crippen molar-refractivity contribution >= 4 is 23.5 Å². The lowest BCUT2D eigenvalue weighted by Crippen LogP contribution is -2.42. The standard InChI is InChI=1S/C13H13ClFNO3/c14-11-9(4-1-5-10(11)15)12(17)16-6-2-3-8(7-16)13(18)19/h1,4-5,8H,2-3,6-7H2,(H,18,19)/t8-/m1/s1. The van der Waals surface area contributed by atoms with Crippen molar-refractivity contribution in [1.82, 2.24) is 4.90 Å². The van der Waals surface area contributed by atoms with Gasteiger partial charge in [-0.2, -0.15) is 0 Å². The number of benzene rings is 1. The molecule has 0 bridgehead atoms. The fourth-order valence-corrected chi connectivity index (χ4v) is 2.41. The number of carbonyl (C=O) groups is 2. The largest absolute Gasteiger partial charge is 0.481 e. The van der Waals surface area contributed by atoms with Crippen LogP contribution in [0.1, 0.15) is 23.2 Å². The van der Waals surface area contributed by atoms with Crippen molar-refractivity contribution < 1.29 is 19.1 Å². The molecule has 1 aliphatic heterocycles. The molecule has 19 heavy (non-hydrogen) atoms. The Hall–Kier alpha value is -1.62. The number of rotatable bonds is 2. The number of carboxylic acids is 1. The Morgan fingerprint density at radius 3 is 2.84 bits per heavy atom. The molecule has 1 saturated heterocycles. The maximum absolute atomic E-state index is 13.3. The lowest BCUT2D eigenvalue weighted by molar-refractivity contribution is -0.143. The van der Waals surface area contributed by atoms with E-state index in [4.69, 9.17) is 16.7 Å². The molecule has 0 saturated carbocycles. The van der Waals surface area contributed by atoms with Crippen LogP contribution >= 0.6 is 11.6 Å². The zero-order chi connectivity index (χ0) is 14.0. The normalized spacial score (nSPS) is 19.3. The fraction of sp³-hybridized carbons (Fsp3) is 0.385. The molecule has 0 spiro atoms. The van der Waals surface area contributed by atoms with Gasteiger partial charge >= 0.3 is 5.97 Å². The van der Waals surface area contributed by atoms with Crippen LogP contribution in [-0.4, -0.2) is 35.0 Å². The van der Waals surface area contributed by atoms with E-state index in [0.717, 1.165) is 0 Å². The molecule has 1 aromatic carbocycles. The maximum Gasteiger partial charge on any atom is 0.308 e. The van der Waals surface area contributed by atoms with Crippen LogP contribution in [-0.2, 0) is 4.79 Å². The Balaban J connectivity index is 2.19. The summed E-state index contributed by atoms with van der Waals surface area (Å²) in [6.07, 6.45) is 1.17. The molecule has 6 heteroatoms. The van der Waals surface area contributed by atoms with Crippen LogP contribution in [0.15, 0.2) is 18.2 Å². The van der Waals surface area contributed by atoms with E-state index in [1.165, 1.54) is 23.1 Å². The van der Waals surface area contributed by atoms with E-state index in [0.29, 0.717) is 19.4 Å². The summed E-state index contributed by atoms with van der Waals surface area (Å²) in [5.41, 5.74) is 0.0766. The molecule has 2 rings (SSSR count). The van der Waals surface area contributed by atoms with Crippen LogP contribution in [0.4, 0.5) is 4.39 Å². The lowest BCUT2D eigenvalue weighted by atomic mass is 9.97. The van der Waals surface area contributed by atoms with Crippen molar-refractivity contribution in [3.8, 4) is 0 Å². The third-order valence-electron chi connectivity index (χ3n) is 3.24. The molecule has 0 aromatic heterocycles. The van der Waals surface area contributed by atoms with Gasteiger partial charge in [0, 0.05) is 13.1 Å². The first kappa shape index (κ1) is 13.8. The SMILES string of the molecule is O=C(O)[C@@H]1CCCN(C(=O)c2cccc(F)c2Cl)C1. The number of amides is 1. The highest BCUT2D eigenvalue weighted by atomic mass is 35.5. The number of aliphatic carboxylic acids is 1. The molecule has 4 nitrogen and oxygen atoms in total. The van der Waals surface area contributed by atoms with E-state index in [2.05, 4.69) is 0 Å². The molecule has 102 valence electrons. The van der Waals surface area contributed by atoms with E-state index < -0.39 is 23.6 Å². The molecular weight excluding hydrogens is 273 g/mol. The van der Waals surface area contributed by atoms with Gasteiger partial charge in [-0.25, -0.2) is 4.39 Å². The minimum Gasteiger partial charge on any atom is -0.481 e. The Morgan fingerprint density at radius 2 is 2.16 bits per heavy atom. The number of hydrogen-bond acceptors (Lipinski definition) is 2. The predicted octanol–water partition coefficient (Wildman–Crippen LogP) is 2.42. The van der Waals surface area contributed by atoms with E-state index in [-0.39, 0.29) is 17.1 Å². The Bertz CT molecular complexity index is 521. The van der Waals surface area contributed by atoms with Crippen LogP contribution in [0.2, 0.25) is 5.02 Å². The Morgan fingerprint density at radius 1 is 1.42 bits per heavy atom. The van der Waals surface area contributed by atoms with Crippen molar-refractivity contribution in [2.24, 2.45) is 5.92 Å². The summed E-state index contributed by atoms with van der Waals surface area (Å²) in [5.74, 6) is -2.55. The lowest BCUT2D eigenvalue weighted by Gasteiger charge is -2.31. The van der Waals surface area contributed by atoms with Gasteiger partial charge < -0.3 is 10.0 Å². The van der Waals surface area contributed by atoms with E-state index in [9.17, 15) is 14.0 Å². The second kappa shape index (κ2) is 5.57. The number of carboxylic acid groups (broad SMARTS) is 1. The molecule has 0 aliphatic carbocycles. The Labute approximate surface area is 114 Å². The molecule has 0 radical (unpaired) electrons. The van der Waals surface area contributed by atoms with Gasteiger partial charge in [0.15, 0.2) is 0 Å². The summed E-state index contributed by atoms with van der Waals surface area (Å²) in [4.78, 5) is 24.6. The van der Waals surface area contributed by atoms with Crippen molar-refractivity contribution in [3.63, 3.8) is 0 Å². The molecule has 0 unspecified atom stereocenters. The van der Waals surface area contributed by atoms with Crippen LogP contribution in [0, 0.1) is 11.7 Å². The summed E-state index contributed by atoms with van der Waals surface area (Å²) >= 11 is 5.77. The predicted molar refractivity (Wildman–Crippen MR) is 67.7 cm³/mol. The molecule has 1 amide bonds. The van der Waals surface area contributed by atoms with Crippen molar-refractivity contribution in [3.05, 3.63) is 34.6 Å². The number of likely N-dealkylation sites (tertiary alicyclic amines) is 1. The highest BCUT2D eigenvalue weighted by Crippen LogP contribution is 2.24. The molecule has 1 aromatic rings. The number of hydrogen-bond donors (Lipinski definition) is 1. The van der Waals surface area contributed by atoms with Crippen molar-refractivity contribution in [1.29, 1.82) is 0 Å². The van der Waals surface area contributed by atoms with Gasteiger partial charge in [-0.15, -0.1) is 0 Å². The number of piperidine rings is 1. The molecule has 1 N–H and O–H groups in total. The first-order valence-electron chi connectivity index (χ1n) is 5.97. The smallest absolute Gasteiger partial charge is 0.308 e. The first-order valence-corrected chi connectivity index (χ1v) is 6.34. The van der Waals surface area contributed by atoms with Gasteiger partial charge in [0.2, 0.25) is 0 Å². The van der Waals surface area contributed by atoms with Gasteiger partial charge in [-0.1, -0.05) is 17.7 Å². The minimum atomic E-state index is -0.914. The summed E-state index contributed by atoms with van der Waals surface area (Å²) in [7, 11) is 0. The molecular formula is C13H13ClFNO3. The summed E-state index contributed by atoms with van der Waals surface area (Å²) in [6, 6.07) is 4.03. The molecule has 1 fully saturated rings. The summed E-state index contributed by atoms with van der Waals surface area (Å²) in [6.45, 7) is 0.608. The van der Waals surface area contributed by atoms with Gasteiger partial charge in [0.1, 0.15) is 5.82 Å². The number of nitrogens with zero attached hydrogens (tertiary/aromatic N) is 1. The van der Waals surface area contributed by atoms with E-state index in [1.807, 2.05) is 0 Å². The number of halogens is 2. The quantitative estimate of drug-likeness (QED) is 0.908. The minimum absolute atomic E-state index is 0.0766. The van der Waals surface area contributed by atoms with E-state index >= 15 is 0 Å². The van der Waals surface area contributed by atoms with Gasteiger partial charge in [0.25, 0.3) is 5.91 Å². The van der Waals surface area contributed by atoms with Crippen LogP contribution < -0.4 is 0 Å². The zero-order valence-corrected chi connectivity index (χ0v) is 10.9. The van der Waals surface area contributed by atoms with Crippen molar-refractivity contribution in [2.45, 2.75) is 12.8 Å². The highest BCUT2D eigenvalue weighted by Gasteiger charge is 2.29. The van der Waals surface area contributed by atoms with Crippen LogP contribution in [0.3, 0.4) is 0 Å². The third-order valence-corrected chi connectivity index (χ3v) is 3.62. The topological polar surface area (TPSA) is 57.6 Å². The van der Waals surface area contributed by atoms with Gasteiger partial charge in [0.05, 0.1) is 16.5 Å². The average molecular weight is 286 g/mol. The monoisotopic (exact) mass is 285 g/mol. The van der Waals surface area contributed by atoms with Gasteiger partial charge in [-0.05, 0) is 25.0 Å². The molecule has 1 aliphatic rings. The fourth-order valence-electron chi connectivity index (χ4n) is 2.20. The molecule has 1 atom stereocenters. The van der Waals surface area contributed by atoms with E-state index in [1.54, 1.807) is 0 Å². The summed E-state index contributed by atoms with van der Waals surface area (Å²) < 4.78 is 13.3. The average Bonchev–Trinajstić information content (AvgIpc) is 2.41. The maximum atomic E-state index is 13.3. The van der Waals surface area contributed by atoms with Crippen LogP contribution in [0.25, 0.3) is 0 Å². The zero-order valence-electron chi connectivity index (χ0n) is 10.1. The Kier molecular flexibility index (Phi) is 4.04. The molecule has 1 heterocycles. The summed E-state index contributed by atoms with van der Waals surface area (Å²) in [5, 5.41) is 8.77. The first-order chi connectivity index (χ1) is 9.00. The van der Waals surface area contributed by atoms with Crippen molar-refractivity contribution in [2.75, 3.05) is 13.1 Å². The third kappa shape index (κ3) is 2.87. The highest BCUT2D eigenvalue weighted by molar-refractivity contribution is 6.34.